The van der Waals surface area contributed by atoms with Gasteiger partial charge in [-0.3, -0.25) is 19.7 Å². The van der Waals surface area contributed by atoms with E-state index in [2.05, 4.69) is 5.32 Å². The van der Waals surface area contributed by atoms with Crippen LogP contribution in [-0.4, -0.2) is 23.7 Å². The third kappa shape index (κ3) is 5.79. The molecular formula is C24H20N2O6. The van der Waals surface area contributed by atoms with E-state index in [1.54, 1.807) is 60.7 Å². The molecule has 0 saturated carbocycles. The van der Waals surface area contributed by atoms with Crippen LogP contribution < -0.4 is 14.8 Å². The molecule has 162 valence electrons. The van der Waals surface area contributed by atoms with Crippen LogP contribution in [0.15, 0.2) is 72.8 Å². The van der Waals surface area contributed by atoms with E-state index in [1.807, 2.05) is 0 Å². The molecule has 32 heavy (non-hydrogen) atoms. The van der Waals surface area contributed by atoms with Crippen molar-refractivity contribution in [1.29, 1.82) is 0 Å². The number of ether oxygens (including phenoxy) is 2. The molecule has 3 aromatic carbocycles. The first kappa shape index (κ1) is 22.2. The van der Waals surface area contributed by atoms with Crippen molar-refractivity contribution in [2.24, 2.45) is 0 Å². The molecule has 0 saturated heterocycles. The molecule has 8 nitrogen and oxygen atoms in total. The molecule has 0 spiro atoms. The summed E-state index contributed by atoms with van der Waals surface area (Å²) in [5.74, 6) is 0.934. The number of nitro benzene ring substituents is 1. The van der Waals surface area contributed by atoms with Gasteiger partial charge in [0.05, 0.1) is 17.6 Å². The first-order valence-electron chi connectivity index (χ1n) is 9.56. The van der Waals surface area contributed by atoms with E-state index < -0.39 is 4.92 Å². The number of hydrogen-bond acceptors (Lipinski definition) is 6. The lowest BCUT2D eigenvalue weighted by Gasteiger charge is -2.11. The number of benzene rings is 3. The number of hydrogen-bond donors (Lipinski definition) is 1. The molecular weight excluding hydrogens is 412 g/mol. The third-order valence-electron chi connectivity index (χ3n) is 4.45. The van der Waals surface area contributed by atoms with Crippen molar-refractivity contribution in [3.63, 3.8) is 0 Å². The lowest BCUT2D eigenvalue weighted by Crippen LogP contribution is -2.07. The molecule has 0 radical (unpaired) electrons. The van der Waals surface area contributed by atoms with Crippen LogP contribution in [0.2, 0.25) is 0 Å². The Labute approximate surface area is 184 Å². The fourth-order valence-corrected chi connectivity index (χ4v) is 2.80. The zero-order chi connectivity index (χ0) is 23.1. The topological polar surface area (TPSA) is 108 Å². The summed E-state index contributed by atoms with van der Waals surface area (Å²) in [6, 6.07) is 17.5. The fourth-order valence-electron chi connectivity index (χ4n) is 2.80. The van der Waals surface area contributed by atoms with Gasteiger partial charge in [0.2, 0.25) is 5.91 Å². The summed E-state index contributed by atoms with van der Waals surface area (Å²) in [5.41, 5.74) is 1.63. The van der Waals surface area contributed by atoms with Gasteiger partial charge in [0.25, 0.3) is 5.69 Å². The maximum absolute atomic E-state index is 12.1. The number of nitrogens with zero attached hydrogens (tertiary/aromatic N) is 1. The average molecular weight is 432 g/mol. The molecule has 0 aliphatic rings. The van der Waals surface area contributed by atoms with Crippen LogP contribution in [0.25, 0.3) is 6.08 Å². The highest BCUT2D eigenvalue weighted by Gasteiger charge is 2.11. The number of carbonyl (C=O) groups is 2. The molecule has 0 atom stereocenters. The summed E-state index contributed by atoms with van der Waals surface area (Å²) >= 11 is 0. The van der Waals surface area contributed by atoms with E-state index in [9.17, 15) is 19.7 Å². The van der Waals surface area contributed by atoms with Crippen molar-refractivity contribution in [3.05, 3.63) is 94.0 Å². The molecule has 0 aliphatic heterocycles. The SMILES string of the molecule is COc1ccc(C(C)=O)c(Oc2ccc(NC(=O)/C=C/c3ccc([N+](=O)[O-])cc3)cc2)c1. The molecule has 3 rings (SSSR count). The largest absolute Gasteiger partial charge is 0.497 e. The molecule has 0 fully saturated rings. The Bertz CT molecular complexity index is 1170. The Morgan fingerprint density at radius 1 is 0.969 bits per heavy atom. The standard InChI is InChI=1S/C24H20N2O6/c1-16(27)22-13-12-21(31-2)15-23(22)32-20-10-6-18(7-11-20)25-24(28)14-5-17-3-8-19(9-4-17)26(29)30/h3-15H,1-2H3,(H,25,28)/b14-5+. The first-order valence-corrected chi connectivity index (χ1v) is 9.56. The second kappa shape index (κ2) is 10.0. The smallest absolute Gasteiger partial charge is 0.269 e. The van der Waals surface area contributed by atoms with Crippen molar-refractivity contribution in [1.82, 2.24) is 0 Å². The summed E-state index contributed by atoms with van der Waals surface area (Å²) in [6.45, 7) is 1.46. The number of rotatable bonds is 8. The zero-order valence-corrected chi connectivity index (χ0v) is 17.4. The molecule has 3 aromatic rings. The number of carbonyl (C=O) groups excluding carboxylic acids is 2. The Morgan fingerprint density at radius 3 is 2.22 bits per heavy atom. The van der Waals surface area contributed by atoms with Crippen molar-refractivity contribution < 1.29 is 24.0 Å². The maximum atomic E-state index is 12.1. The minimum absolute atomic E-state index is 0.0155. The second-order valence-corrected chi connectivity index (χ2v) is 6.72. The number of ketones is 1. The Kier molecular flexibility index (Phi) is 6.97. The van der Waals surface area contributed by atoms with Crippen LogP contribution in [0.3, 0.4) is 0 Å². The van der Waals surface area contributed by atoms with Crippen molar-refractivity contribution >= 4 is 29.1 Å². The Balaban J connectivity index is 1.64. The van der Waals surface area contributed by atoms with Crippen LogP contribution in [0, 0.1) is 10.1 Å². The van der Waals surface area contributed by atoms with E-state index in [0.29, 0.717) is 34.1 Å². The number of nitrogens with one attached hydrogen (secondary N) is 1. The maximum Gasteiger partial charge on any atom is 0.269 e. The minimum atomic E-state index is -0.483. The average Bonchev–Trinajstić information content (AvgIpc) is 2.79. The quantitative estimate of drug-likeness (QED) is 0.225. The Morgan fingerprint density at radius 2 is 1.62 bits per heavy atom. The van der Waals surface area contributed by atoms with Gasteiger partial charge in [-0.05, 0) is 67.1 Å². The van der Waals surface area contributed by atoms with E-state index in [1.165, 1.54) is 32.2 Å². The van der Waals surface area contributed by atoms with Gasteiger partial charge in [0.15, 0.2) is 5.78 Å². The van der Waals surface area contributed by atoms with Crippen molar-refractivity contribution in [2.75, 3.05) is 12.4 Å². The predicted molar refractivity (Wildman–Crippen MR) is 120 cm³/mol. The van der Waals surface area contributed by atoms with Crippen LogP contribution in [0.4, 0.5) is 11.4 Å². The number of methoxy groups -OCH3 is 1. The lowest BCUT2D eigenvalue weighted by molar-refractivity contribution is -0.384. The second-order valence-electron chi connectivity index (χ2n) is 6.72. The van der Waals surface area contributed by atoms with Crippen molar-refractivity contribution in [2.45, 2.75) is 6.92 Å². The molecule has 1 N–H and O–H groups in total. The van der Waals surface area contributed by atoms with Gasteiger partial charge in [-0.1, -0.05) is 0 Å². The Hall–Kier alpha value is -4.46. The third-order valence-corrected chi connectivity index (χ3v) is 4.45. The molecule has 0 heterocycles. The molecule has 0 unspecified atom stereocenters. The van der Waals surface area contributed by atoms with E-state index in [-0.39, 0.29) is 17.4 Å². The number of anilines is 1. The van der Waals surface area contributed by atoms with Gasteiger partial charge in [0, 0.05) is 30.0 Å². The number of nitro groups is 1. The summed E-state index contributed by atoms with van der Waals surface area (Å²) in [6.07, 6.45) is 2.89. The summed E-state index contributed by atoms with van der Waals surface area (Å²) in [5, 5.41) is 13.4. The van der Waals surface area contributed by atoms with Gasteiger partial charge in [-0.25, -0.2) is 0 Å². The van der Waals surface area contributed by atoms with Crippen molar-refractivity contribution in [3.8, 4) is 17.2 Å². The highest BCUT2D eigenvalue weighted by Crippen LogP contribution is 2.30. The first-order chi connectivity index (χ1) is 15.4. The number of Topliss-reactive ketones (excluding diaryl/α,β-unsaturated/α-hetero) is 1. The lowest BCUT2D eigenvalue weighted by atomic mass is 10.1. The van der Waals surface area contributed by atoms with Gasteiger partial charge < -0.3 is 14.8 Å². The summed E-state index contributed by atoms with van der Waals surface area (Å²) in [4.78, 5) is 34.2. The molecule has 0 aliphatic carbocycles. The van der Waals surface area contributed by atoms with Crippen LogP contribution >= 0.6 is 0 Å². The highest BCUT2D eigenvalue weighted by atomic mass is 16.6. The van der Waals surface area contributed by atoms with Crippen LogP contribution in [0.5, 0.6) is 17.2 Å². The molecule has 8 heteroatoms. The summed E-state index contributed by atoms with van der Waals surface area (Å²) in [7, 11) is 1.53. The summed E-state index contributed by atoms with van der Waals surface area (Å²) < 4.78 is 11.0. The van der Waals surface area contributed by atoms with Gasteiger partial charge in [0.1, 0.15) is 17.2 Å². The molecule has 0 aromatic heterocycles. The number of amides is 1. The monoisotopic (exact) mass is 432 g/mol. The van der Waals surface area contributed by atoms with Gasteiger partial charge in [-0.15, -0.1) is 0 Å². The zero-order valence-electron chi connectivity index (χ0n) is 17.4. The van der Waals surface area contributed by atoms with E-state index in [4.69, 9.17) is 9.47 Å². The van der Waals surface area contributed by atoms with E-state index >= 15 is 0 Å². The fraction of sp³-hybridized carbons (Fsp3) is 0.0833. The predicted octanol–water partition coefficient (Wildman–Crippen LogP) is 5.25. The van der Waals surface area contributed by atoms with Crippen LogP contribution in [0.1, 0.15) is 22.8 Å². The molecule has 1 amide bonds. The van der Waals surface area contributed by atoms with E-state index in [0.717, 1.165) is 0 Å². The minimum Gasteiger partial charge on any atom is -0.497 e. The van der Waals surface area contributed by atoms with Crippen LogP contribution in [-0.2, 0) is 4.79 Å². The normalized spacial score (nSPS) is 10.6. The number of non-ortho nitro benzene ring substituents is 1. The van der Waals surface area contributed by atoms with Gasteiger partial charge >= 0.3 is 0 Å². The highest BCUT2D eigenvalue weighted by molar-refractivity contribution is 6.02. The molecule has 0 bridgehead atoms. The van der Waals surface area contributed by atoms with Gasteiger partial charge in [-0.2, -0.15) is 0 Å².